The van der Waals surface area contributed by atoms with Crippen LogP contribution in [0.5, 0.6) is 0 Å². The number of fused-ring (bicyclic) bond motifs is 1. The average molecular weight is 260 g/mol. The highest BCUT2D eigenvalue weighted by atomic mass is 16.6. The fourth-order valence-corrected chi connectivity index (χ4v) is 1.57. The third kappa shape index (κ3) is 3.31. The minimum Gasteiger partial charge on any atom is -0.444 e. The van der Waals surface area contributed by atoms with Gasteiger partial charge in [0.2, 0.25) is 0 Å². The first kappa shape index (κ1) is 13.1. The van der Waals surface area contributed by atoms with E-state index >= 15 is 0 Å². The Hall–Kier alpha value is -2.37. The topological polar surface area (TPSA) is 90.1 Å². The number of amides is 1. The van der Waals surface area contributed by atoms with Crippen LogP contribution in [-0.4, -0.2) is 21.7 Å². The Kier molecular flexibility index (Phi) is 3.25. The summed E-state index contributed by atoms with van der Waals surface area (Å²) >= 11 is 0. The van der Waals surface area contributed by atoms with Crippen LogP contribution in [0.15, 0.2) is 24.5 Å². The molecule has 1 aromatic carbocycles. The SMILES string of the molecule is CC(C)(C)OC(=O)Nc1ncnc2cc(N)ccc12. The van der Waals surface area contributed by atoms with Gasteiger partial charge < -0.3 is 10.5 Å². The smallest absolute Gasteiger partial charge is 0.413 e. The minimum absolute atomic E-state index is 0.402. The van der Waals surface area contributed by atoms with Crippen molar-refractivity contribution in [1.82, 2.24) is 9.97 Å². The Morgan fingerprint density at radius 2 is 2.05 bits per heavy atom. The van der Waals surface area contributed by atoms with Gasteiger partial charge in [-0.3, -0.25) is 5.32 Å². The Labute approximate surface area is 111 Å². The highest BCUT2D eigenvalue weighted by Gasteiger charge is 2.17. The van der Waals surface area contributed by atoms with Crippen molar-refractivity contribution in [2.75, 3.05) is 11.1 Å². The van der Waals surface area contributed by atoms with Crippen LogP contribution < -0.4 is 11.1 Å². The van der Waals surface area contributed by atoms with E-state index in [1.807, 2.05) is 0 Å². The molecule has 0 aliphatic rings. The quantitative estimate of drug-likeness (QED) is 0.769. The number of carbonyl (C=O) groups excluding carboxylic acids is 1. The molecule has 19 heavy (non-hydrogen) atoms. The van der Waals surface area contributed by atoms with Crippen LogP contribution in [0.25, 0.3) is 10.9 Å². The first-order chi connectivity index (χ1) is 8.85. The number of anilines is 2. The molecular formula is C13H16N4O2. The number of nitrogen functional groups attached to an aromatic ring is 1. The molecule has 0 fully saturated rings. The molecule has 0 aliphatic carbocycles. The van der Waals surface area contributed by atoms with Crippen molar-refractivity contribution in [3.05, 3.63) is 24.5 Å². The van der Waals surface area contributed by atoms with Crippen LogP contribution in [-0.2, 0) is 4.74 Å². The Morgan fingerprint density at radius 3 is 2.74 bits per heavy atom. The van der Waals surface area contributed by atoms with E-state index in [1.165, 1.54) is 6.33 Å². The van der Waals surface area contributed by atoms with Crippen molar-refractivity contribution in [3.63, 3.8) is 0 Å². The summed E-state index contributed by atoms with van der Waals surface area (Å²) in [4.78, 5) is 19.9. The molecule has 1 amide bonds. The van der Waals surface area contributed by atoms with E-state index in [0.717, 1.165) is 0 Å². The number of hydrogen-bond acceptors (Lipinski definition) is 5. The van der Waals surface area contributed by atoms with Gasteiger partial charge in [-0.1, -0.05) is 0 Å². The van der Waals surface area contributed by atoms with Gasteiger partial charge in [-0.05, 0) is 39.0 Å². The maximum absolute atomic E-state index is 11.7. The van der Waals surface area contributed by atoms with Gasteiger partial charge >= 0.3 is 6.09 Å². The molecule has 1 aromatic heterocycles. The number of aromatic nitrogens is 2. The Morgan fingerprint density at radius 1 is 1.32 bits per heavy atom. The molecule has 6 heteroatoms. The van der Waals surface area contributed by atoms with Crippen molar-refractivity contribution < 1.29 is 9.53 Å². The molecule has 100 valence electrons. The lowest BCUT2D eigenvalue weighted by atomic mass is 10.2. The fraction of sp³-hybridized carbons (Fsp3) is 0.308. The summed E-state index contributed by atoms with van der Waals surface area (Å²) in [6.07, 6.45) is 0.818. The van der Waals surface area contributed by atoms with E-state index in [1.54, 1.807) is 39.0 Å². The lowest BCUT2D eigenvalue weighted by Crippen LogP contribution is -2.27. The normalized spacial score (nSPS) is 11.3. The monoisotopic (exact) mass is 260 g/mol. The molecule has 0 bridgehead atoms. The summed E-state index contributed by atoms with van der Waals surface area (Å²) in [6.45, 7) is 5.39. The van der Waals surface area contributed by atoms with Crippen molar-refractivity contribution in [2.24, 2.45) is 0 Å². The Balaban J connectivity index is 2.28. The maximum atomic E-state index is 11.7. The summed E-state index contributed by atoms with van der Waals surface area (Å²) in [5.74, 6) is 0.402. The first-order valence-corrected chi connectivity index (χ1v) is 5.85. The number of nitrogens with zero attached hydrogens (tertiary/aromatic N) is 2. The molecule has 0 aliphatic heterocycles. The van der Waals surface area contributed by atoms with Gasteiger partial charge in [0.1, 0.15) is 17.7 Å². The van der Waals surface area contributed by atoms with Crippen molar-refractivity contribution in [2.45, 2.75) is 26.4 Å². The van der Waals surface area contributed by atoms with Gasteiger partial charge in [0.05, 0.1) is 5.52 Å². The van der Waals surface area contributed by atoms with E-state index in [4.69, 9.17) is 10.5 Å². The molecule has 0 radical (unpaired) electrons. The van der Waals surface area contributed by atoms with Gasteiger partial charge in [0.15, 0.2) is 0 Å². The predicted molar refractivity (Wildman–Crippen MR) is 73.8 cm³/mol. The van der Waals surface area contributed by atoms with Crippen LogP contribution in [0.4, 0.5) is 16.3 Å². The zero-order valence-electron chi connectivity index (χ0n) is 11.1. The molecule has 0 unspecified atom stereocenters. The zero-order chi connectivity index (χ0) is 14.0. The number of benzene rings is 1. The second-order valence-electron chi connectivity index (χ2n) is 5.13. The minimum atomic E-state index is -0.558. The van der Waals surface area contributed by atoms with E-state index in [0.29, 0.717) is 22.4 Å². The molecule has 1 heterocycles. The highest BCUT2D eigenvalue weighted by molar-refractivity contribution is 5.97. The molecule has 0 spiro atoms. The summed E-state index contributed by atoms with van der Waals surface area (Å²) in [5.41, 5.74) is 6.40. The van der Waals surface area contributed by atoms with E-state index < -0.39 is 11.7 Å². The number of nitrogens with one attached hydrogen (secondary N) is 1. The third-order valence-corrected chi connectivity index (χ3v) is 2.28. The third-order valence-electron chi connectivity index (χ3n) is 2.28. The number of nitrogens with two attached hydrogens (primary N) is 1. The van der Waals surface area contributed by atoms with Crippen molar-refractivity contribution >= 4 is 28.5 Å². The lowest BCUT2D eigenvalue weighted by Gasteiger charge is -2.19. The van der Waals surface area contributed by atoms with Gasteiger partial charge in [-0.25, -0.2) is 14.8 Å². The van der Waals surface area contributed by atoms with Crippen LogP contribution in [0.2, 0.25) is 0 Å². The van der Waals surface area contributed by atoms with E-state index in [-0.39, 0.29) is 0 Å². The molecule has 0 saturated heterocycles. The summed E-state index contributed by atoms with van der Waals surface area (Å²) in [5, 5.41) is 3.32. The number of hydrogen-bond donors (Lipinski definition) is 2. The van der Waals surface area contributed by atoms with Gasteiger partial charge in [0, 0.05) is 11.1 Å². The van der Waals surface area contributed by atoms with Crippen molar-refractivity contribution in [1.29, 1.82) is 0 Å². The predicted octanol–water partition coefficient (Wildman–Crippen LogP) is 2.56. The number of carbonyl (C=O) groups is 1. The van der Waals surface area contributed by atoms with Gasteiger partial charge in [-0.2, -0.15) is 0 Å². The molecule has 2 aromatic rings. The second kappa shape index (κ2) is 4.72. The highest BCUT2D eigenvalue weighted by Crippen LogP contribution is 2.21. The molecule has 0 saturated carbocycles. The Bertz CT molecular complexity index is 620. The summed E-state index contributed by atoms with van der Waals surface area (Å²) in [6, 6.07) is 5.21. The molecule has 2 rings (SSSR count). The van der Waals surface area contributed by atoms with Crippen LogP contribution in [0.3, 0.4) is 0 Å². The second-order valence-corrected chi connectivity index (χ2v) is 5.13. The summed E-state index contributed by atoms with van der Waals surface area (Å²) < 4.78 is 5.18. The lowest BCUT2D eigenvalue weighted by molar-refractivity contribution is 0.0635. The number of ether oxygens (including phenoxy) is 1. The fourth-order valence-electron chi connectivity index (χ4n) is 1.57. The zero-order valence-corrected chi connectivity index (χ0v) is 11.1. The molecule has 6 nitrogen and oxygen atoms in total. The van der Waals surface area contributed by atoms with Crippen molar-refractivity contribution in [3.8, 4) is 0 Å². The first-order valence-electron chi connectivity index (χ1n) is 5.85. The van der Waals surface area contributed by atoms with E-state index in [9.17, 15) is 4.79 Å². The maximum Gasteiger partial charge on any atom is 0.413 e. The molecule has 3 N–H and O–H groups in total. The van der Waals surface area contributed by atoms with Gasteiger partial charge in [-0.15, -0.1) is 0 Å². The largest absolute Gasteiger partial charge is 0.444 e. The summed E-state index contributed by atoms with van der Waals surface area (Å²) in [7, 11) is 0. The van der Waals surface area contributed by atoms with Gasteiger partial charge in [0.25, 0.3) is 0 Å². The van der Waals surface area contributed by atoms with Crippen LogP contribution >= 0.6 is 0 Å². The van der Waals surface area contributed by atoms with E-state index in [2.05, 4.69) is 15.3 Å². The standard InChI is InChI=1S/C13H16N4O2/c1-13(2,3)19-12(18)17-11-9-5-4-8(14)6-10(9)15-7-16-11/h4-7H,14H2,1-3H3,(H,15,16,17,18). The molecule has 0 atom stereocenters. The molecular weight excluding hydrogens is 244 g/mol. The number of rotatable bonds is 1. The van der Waals surface area contributed by atoms with Crippen LogP contribution in [0, 0.1) is 0 Å². The average Bonchev–Trinajstić information content (AvgIpc) is 2.26. The van der Waals surface area contributed by atoms with Crippen LogP contribution in [0.1, 0.15) is 20.8 Å².